The summed E-state index contributed by atoms with van der Waals surface area (Å²) in [6.07, 6.45) is 3.57. The highest BCUT2D eigenvalue weighted by Crippen LogP contribution is 2.34. The van der Waals surface area contributed by atoms with Gasteiger partial charge >= 0.3 is 0 Å². The van der Waals surface area contributed by atoms with E-state index in [-0.39, 0.29) is 23.8 Å². The molecule has 0 spiro atoms. The lowest BCUT2D eigenvalue weighted by Crippen LogP contribution is -2.43. The number of hydrogen-bond donors (Lipinski definition) is 1. The van der Waals surface area contributed by atoms with E-state index < -0.39 is 0 Å². The molecule has 2 aliphatic rings. The number of nitrogens with one attached hydrogen (secondary N) is 1. The Morgan fingerprint density at radius 3 is 2.52 bits per heavy atom. The Balaban J connectivity index is 1.43. The molecule has 1 saturated heterocycles. The number of ether oxygens (including phenoxy) is 1. The van der Waals surface area contributed by atoms with Gasteiger partial charge in [0.25, 0.3) is 0 Å². The minimum Gasteiger partial charge on any atom is -0.497 e. The van der Waals surface area contributed by atoms with Crippen molar-refractivity contribution in [2.45, 2.75) is 31.7 Å². The van der Waals surface area contributed by atoms with E-state index >= 15 is 0 Å². The average molecular weight is 364 g/mol. The van der Waals surface area contributed by atoms with Crippen LogP contribution >= 0.6 is 0 Å². The summed E-state index contributed by atoms with van der Waals surface area (Å²) in [6, 6.07) is 15.3. The molecule has 2 fully saturated rings. The fourth-order valence-corrected chi connectivity index (χ4v) is 3.64. The second kappa shape index (κ2) is 7.43. The molecule has 2 aromatic carbocycles. The molecule has 0 aromatic heterocycles. The maximum Gasteiger partial charge on any atom is 0.247 e. The van der Waals surface area contributed by atoms with Crippen molar-refractivity contribution in [3.8, 4) is 16.9 Å². The summed E-state index contributed by atoms with van der Waals surface area (Å²) in [7, 11) is 1.65. The van der Waals surface area contributed by atoms with Crippen LogP contribution in [0, 0.1) is 5.92 Å². The number of carbonyl (C=O) groups is 2. The van der Waals surface area contributed by atoms with Gasteiger partial charge < -0.3 is 15.0 Å². The Labute approximate surface area is 159 Å². The van der Waals surface area contributed by atoms with E-state index in [4.69, 9.17) is 4.74 Å². The number of benzene rings is 2. The van der Waals surface area contributed by atoms with Crippen molar-refractivity contribution in [2.24, 2.45) is 5.92 Å². The van der Waals surface area contributed by atoms with E-state index in [0.29, 0.717) is 6.54 Å². The fraction of sp³-hybridized carbons (Fsp3) is 0.364. The van der Waals surface area contributed by atoms with E-state index in [1.807, 2.05) is 48.5 Å². The third kappa shape index (κ3) is 3.82. The molecule has 5 heteroatoms. The van der Waals surface area contributed by atoms with Crippen molar-refractivity contribution in [2.75, 3.05) is 19.0 Å². The van der Waals surface area contributed by atoms with Gasteiger partial charge in [-0.3, -0.25) is 9.59 Å². The smallest absolute Gasteiger partial charge is 0.247 e. The molecule has 0 bridgehead atoms. The Morgan fingerprint density at radius 2 is 1.81 bits per heavy atom. The molecule has 0 radical (unpaired) electrons. The molecule has 4 rings (SSSR count). The molecule has 2 aromatic rings. The number of likely N-dealkylation sites (tertiary alicyclic amines) is 1. The van der Waals surface area contributed by atoms with Gasteiger partial charge in [0.05, 0.1) is 7.11 Å². The molecule has 27 heavy (non-hydrogen) atoms. The van der Waals surface area contributed by atoms with Crippen LogP contribution in [0.25, 0.3) is 11.1 Å². The van der Waals surface area contributed by atoms with E-state index in [1.54, 1.807) is 12.0 Å². The highest BCUT2D eigenvalue weighted by atomic mass is 16.5. The molecule has 140 valence electrons. The number of carbonyl (C=O) groups excluding carboxylic acids is 2. The summed E-state index contributed by atoms with van der Waals surface area (Å²) in [5, 5.41) is 2.97. The third-order valence-electron chi connectivity index (χ3n) is 5.32. The van der Waals surface area contributed by atoms with E-state index in [9.17, 15) is 9.59 Å². The van der Waals surface area contributed by atoms with E-state index in [2.05, 4.69) is 5.32 Å². The van der Waals surface area contributed by atoms with Crippen molar-refractivity contribution >= 4 is 17.5 Å². The molecule has 1 aliphatic heterocycles. The van der Waals surface area contributed by atoms with Crippen LogP contribution in [0.15, 0.2) is 48.5 Å². The Hall–Kier alpha value is -2.82. The second-order valence-corrected chi connectivity index (χ2v) is 7.26. The fourth-order valence-electron chi connectivity index (χ4n) is 3.64. The third-order valence-corrected chi connectivity index (χ3v) is 5.32. The van der Waals surface area contributed by atoms with Crippen LogP contribution in [0.2, 0.25) is 0 Å². The van der Waals surface area contributed by atoms with Gasteiger partial charge in [-0.1, -0.05) is 24.3 Å². The van der Waals surface area contributed by atoms with Crippen LogP contribution in [0.1, 0.15) is 25.7 Å². The van der Waals surface area contributed by atoms with Crippen LogP contribution in [0.3, 0.4) is 0 Å². The maximum absolute atomic E-state index is 12.7. The van der Waals surface area contributed by atoms with Crippen molar-refractivity contribution in [3.63, 3.8) is 0 Å². The number of hydrogen-bond acceptors (Lipinski definition) is 3. The van der Waals surface area contributed by atoms with Crippen LogP contribution in [-0.2, 0) is 9.59 Å². The van der Waals surface area contributed by atoms with Gasteiger partial charge in [-0.2, -0.15) is 0 Å². The van der Waals surface area contributed by atoms with Crippen molar-refractivity contribution in [1.29, 1.82) is 0 Å². The molecule has 1 N–H and O–H groups in total. The van der Waals surface area contributed by atoms with Gasteiger partial charge in [0.2, 0.25) is 11.8 Å². The van der Waals surface area contributed by atoms with Gasteiger partial charge in [0.1, 0.15) is 11.8 Å². The summed E-state index contributed by atoms with van der Waals surface area (Å²) < 4.78 is 5.27. The topological polar surface area (TPSA) is 58.6 Å². The first-order valence-corrected chi connectivity index (χ1v) is 9.51. The van der Waals surface area contributed by atoms with Gasteiger partial charge in [-0.15, -0.1) is 0 Å². The molecule has 2 amide bonds. The predicted molar refractivity (Wildman–Crippen MR) is 105 cm³/mol. The minimum absolute atomic E-state index is 0.0874. The molecule has 1 heterocycles. The summed E-state index contributed by atoms with van der Waals surface area (Å²) in [4.78, 5) is 26.8. The van der Waals surface area contributed by atoms with Gasteiger partial charge in [0.15, 0.2) is 0 Å². The lowest BCUT2D eigenvalue weighted by Gasteiger charge is -2.24. The second-order valence-electron chi connectivity index (χ2n) is 7.26. The summed E-state index contributed by atoms with van der Waals surface area (Å²) in [6.45, 7) is 0.697. The molecule has 1 unspecified atom stereocenters. The summed E-state index contributed by atoms with van der Waals surface area (Å²) in [5.74, 6) is 1.03. The van der Waals surface area contributed by atoms with Crippen LogP contribution in [-0.4, -0.2) is 36.4 Å². The predicted octanol–water partition coefficient (Wildman–Crippen LogP) is 3.70. The zero-order valence-corrected chi connectivity index (χ0v) is 15.5. The zero-order valence-electron chi connectivity index (χ0n) is 15.5. The Morgan fingerprint density at radius 1 is 1.04 bits per heavy atom. The number of amides is 2. The van der Waals surface area contributed by atoms with Crippen LogP contribution in [0.5, 0.6) is 5.75 Å². The highest BCUT2D eigenvalue weighted by Gasteiger charge is 2.40. The monoisotopic (exact) mass is 364 g/mol. The Bertz CT molecular complexity index is 843. The maximum atomic E-state index is 12.7. The SMILES string of the molecule is COc1cccc(-c2ccc(NC(=O)C3CCCN3C(=O)C3CC3)cc2)c1. The number of methoxy groups -OCH3 is 1. The zero-order chi connectivity index (χ0) is 18.8. The van der Waals surface area contributed by atoms with Crippen molar-refractivity contribution in [1.82, 2.24) is 4.90 Å². The molecular formula is C22H24N2O3. The molecular weight excluding hydrogens is 340 g/mol. The summed E-state index contributed by atoms with van der Waals surface area (Å²) in [5.41, 5.74) is 2.86. The summed E-state index contributed by atoms with van der Waals surface area (Å²) >= 11 is 0. The van der Waals surface area contributed by atoms with Crippen LogP contribution < -0.4 is 10.1 Å². The van der Waals surface area contributed by atoms with Crippen molar-refractivity contribution in [3.05, 3.63) is 48.5 Å². The van der Waals surface area contributed by atoms with E-state index in [0.717, 1.165) is 48.2 Å². The Kier molecular flexibility index (Phi) is 4.84. The lowest BCUT2D eigenvalue weighted by molar-refractivity contribution is -0.137. The first kappa shape index (κ1) is 17.6. The van der Waals surface area contributed by atoms with Crippen LogP contribution in [0.4, 0.5) is 5.69 Å². The largest absolute Gasteiger partial charge is 0.497 e. The molecule has 1 aliphatic carbocycles. The minimum atomic E-state index is -0.337. The van der Waals surface area contributed by atoms with E-state index in [1.165, 1.54) is 0 Å². The van der Waals surface area contributed by atoms with Gasteiger partial charge in [-0.05, 0) is 61.1 Å². The first-order valence-electron chi connectivity index (χ1n) is 9.51. The number of anilines is 1. The molecule has 5 nitrogen and oxygen atoms in total. The average Bonchev–Trinajstić information content (AvgIpc) is 3.44. The number of nitrogens with zero attached hydrogens (tertiary/aromatic N) is 1. The quantitative estimate of drug-likeness (QED) is 0.880. The number of rotatable bonds is 5. The van der Waals surface area contributed by atoms with Crippen molar-refractivity contribution < 1.29 is 14.3 Å². The first-order chi connectivity index (χ1) is 13.2. The highest BCUT2D eigenvalue weighted by molar-refractivity contribution is 5.98. The van der Waals surface area contributed by atoms with Gasteiger partial charge in [-0.25, -0.2) is 0 Å². The van der Waals surface area contributed by atoms with Gasteiger partial charge in [0, 0.05) is 18.2 Å². The molecule has 1 atom stereocenters. The lowest BCUT2D eigenvalue weighted by atomic mass is 10.0. The normalized spacial score (nSPS) is 19.0. The standard InChI is InChI=1S/C22H24N2O3/c1-27-19-5-2-4-17(14-19)15-9-11-18(12-10-15)23-21(25)20-6-3-13-24(20)22(26)16-7-8-16/h2,4-5,9-12,14,16,20H,3,6-8,13H2,1H3,(H,23,25). The molecule has 1 saturated carbocycles.